The van der Waals surface area contributed by atoms with Crippen LogP contribution in [0, 0.1) is 10.1 Å². The molecule has 108 valence electrons. The van der Waals surface area contributed by atoms with Crippen LogP contribution in [0.3, 0.4) is 0 Å². The van der Waals surface area contributed by atoms with E-state index in [1.807, 2.05) is 0 Å². The molecule has 0 bridgehead atoms. The summed E-state index contributed by atoms with van der Waals surface area (Å²) in [5.41, 5.74) is 0.562. The fourth-order valence-corrected chi connectivity index (χ4v) is 2.09. The molecule has 0 aliphatic rings. The maximum absolute atomic E-state index is 12.2. The second-order valence-corrected chi connectivity index (χ2v) is 4.93. The van der Waals surface area contributed by atoms with Gasteiger partial charge in [0.05, 0.1) is 23.3 Å². The monoisotopic (exact) mass is 350 g/mol. The number of nitrogens with zero attached hydrogens (tertiary/aromatic N) is 1. The largest absolute Gasteiger partial charge is 0.496 e. The lowest BCUT2D eigenvalue weighted by atomic mass is 10.2. The Bertz CT molecular complexity index is 703. The number of nitrogens with one attached hydrogen (secondary N) is 1. The van der Waals surface area contributed by atoms with Crippen molar-refractivity contribution in [1.82, 2.24) is 0 Å². The zero-order valence-electron chi connectivity index (χ0n) is 11.0. The molecule has 6 nitrogen and oxygen atoms in total. The molecule has 0 aliphatic carbocycles. The third kappa shape index (κ3) is 3.38. The smallest absolute Gasteiger partial charge is 0.271 e. The fourth-order valence-electron chi connectivity index (χ4n) is 1.74. The third-order valence-corrected chi connectivity index (χ3v) is 3.45. The van der Waals surface area contributed by atoms with Gasteiger partial charge in [0.1, 0.15) is 5.75 Å². The van der Waals surface area contributed by atoms with Gasteiger partial charge in [-0.1, -0.05) is 12.1 Å². The number of benzene rings is 2. The van der Waals surface area contributed by atoms with Gasteiger partial charge in [0.15, 0.2) is 0 Å². The number of methoxy groups -OCH3 is 1. The Morgan fingerprint density at radius 2 is 2.00 bits per heavy atom. The van der Waals surface area contributed by atoms with Gasteiger partial charge in [0.2, 0.25) is 0 Å². The van der Waals surface area contributed by atoms with Gasteiger partial charge in [0, 0.05) is 16.6 Å². The van der Waals surface area contributed by atoms with E-state index in [4.69, 9.17) is 4.74 Å². The molecule has 0 unspecified atom stereocenters. The summed E-state index contributed by atoms with van der Waals surface area (Å²) in [4.78, 5) is 22.5. The van der Waals surface area contributed by atoms with Crippen molar-refractivity contribution in [1.29, 1.82) is 0 Å². The number of nitro groups is 1. The molecule has 2 aromatic rings. The van der Waals surface area contributed by atoms with E-state index >= 15 is 0 Å². The molecule has 1 N–H and O–H groups in total. The van der Waals surface area contributed by atoms with Gasteiger partial charge in [-0.15, -0.1) is 0 Å². The molecule has 1 amide bonds. The highest BCUT2D eigenvalue weighted by Gasteiger charge is 2.15. The standard InChI is InChI=1S/C14H11BrN2O4/c1-21-13-5-3-2-4-10(13)14(18)16-12-8-9(17(19)20)6-7-11(12)15/h2-8H,1H3,(H,16,18). The number of rotatable bonds is 4. The van der Waals surface area contributed by atoms with Gasteiger partial charge in [-0.2, -0.15) is 0 Å². The zero-order valence-corrected chi connectivity index (χ0v) is 12.6. The van der Waals surface area contributed by atoms with Crippen molar-refractivity contribution in [2.24, 2.45) is 0 Å². The average molecular weight is 351 g/mol. The topological polar surface area (TPSA) is 81.5 Å². The highest BCUT2D eigenvalue weighted by Crippen LogP contribution is 2.28. The first-order valence-electron chi connectivity index (χ1n) is 5.91. The number of nitro benzene ring substituents is 1. The molecule has 0 heterocycles. The van der Waals surface area contributed by atoms with E-state index in [1.165, 1.54) is 25.3 Å². The summed E-state index contributed by atoms with van der Waals surface area (Å²) in [6, 6.07) is 10.9. The number of ether oxygens (including phenoxy) is 1. The van der Waals surface area contributed by atoms with Crippen molar-refractivity contribution >= 4 is 33.2 Å². The van der Waals surface area contributed by atoms with Gasteiger partial charge in [0.25, 0.3) is 11.6 Å². The molecule has 0 atom stereocenters. The Morgan fingerprint density at radius 3 is 2.67 bits per heavy atom. The summed E-state index contributed by atoms with van der Waals surface area (Å²) in [5, 5.41) is 13.4. The number of halogens is 1. The minimum absolute atomic E-state index is 0.103. The quantitative estimate of drug-likeness (QED) is 0.674. The van der Waals surface area contributed by atoms with Gasteiger partial charge in [-0.05, 0) is 34.1 Å². The molecule has 2 aromatic carbocycles. The average Bonchev–Trinajstić information content (AvgIpc) is 2.49. The summed E-state index contributed by atoms with van der Waals surface area (Å²) in [6.45, 7) is 0. The summed E-state index contributed by atoms with van der Waals surface area (Å²) >= 11 is 3.25. The van der Waals surface area contributed by atoms with E-state index in [0.29, 0.717) is 21.5 Å². The number of carbonyl (C=O) groups excluding carboxylic acids is 1. The van der Waals surface area contributed by atoms with E-state index in [1.54, 1.807) is 24.3 Å². The van der Waals surface area contributed by atoms with Crippen LogP contribution in [0.15, 0.2) is 46.9 Å². The highest BCUT2D eigenvalue weighted by atomic mass is 79.9. The third-order valence-electron chi connectivity index (χ3n) is 2.76. The first-order valence-corrected chi connectivity index (χ1v) is 6.70. The molecular weight excluding hydrogens is 340 g/mol. The van der Waals surface area contributed by atoms with Crippen molar-refractivity contribution in [2.75, 3.05) is 12.4 Å². The van der Waals surface area contributed by atoms with Crippen molar-refractivity contribution in [3.8, 4) is 5.75 Å². The Kier molecular flexibility index (Phi) is 4.54. The summed E-state index contributed by atoms with van der Waals surface area (Å²) < 4.78 is 5.67. The van der Waals surface area contributed by atoms with Gasteiger partial charge in [-0.25, -0.2) is 0 Å². The number of hydrogen-bond donors (Lipinski definition) is 1. The van der Waals surface area contributed by atoms with E-state index in [0.717, 1.165) is 0 Å². The van der Waals surface area contributed by atoms with E-state index in [-0.39, 0.29) is 5.69 Å². The van der Waals surface area contributed by atoms with Gasteiger partial charge in [-0.3, -0.25) is 14.9 Å². The zero-order chi connectivity index (χ0) is 15.4. The van der Waals surface area contributed by atoms with Crippen LogP contribution in [0.5, 0.6) is 5.75 Å². The van der Waals surface area contributed by atoms with Gasteiger partial charge >= 0.3 is 0 Å². The predicted molar refractivity (Wildman–Crippen MR) is 81.7 cm³/mol. The van der Waals surface area contributed by atoms with Crippen molar-refractivity contribution < 1.29 is 14.5 Å². The molecule has 0 saturated heterocycles. The molecule has 0 saturated carbocycles. The number of hydrogen-bond acceptors (Lipinski definition) is 4. The van der Waals surface area contributed by atoms with Crippen LogP contribution < -0.4 is 10.1 Å². The SMILES string of the molecule is COc1ccccc1C(=O)Nc1cc([N+](=O)[O-])ccc1Br. The summed E-state index contributed by atoms with van der Waals surface area (Å²) in [6.07, 6.45) is 0. The minimum Gasteiger partial charge on any atom is -0.496 e. The minimum atomic E-state index is -0.523. The van der Waals surface area contributed by atoms with Crippen molar-refractivity contribution in [2.45, 2.75) is 0 Å². The summed E-state index contributed by atoms with van der Waals surface area (Å²) in [7, 11) is 1.47. The predicted octanol–water partition coefficient (Wildman–Crippen LogP) is 3.62. The molecular formula is C14H11BrN2O4. The summed E-state index contributed by atoms with van der Waals surface area (Å²) in [5.74, 6) is 0.0187. The van der Waals surface area contributed by atoms with Crippen LogP contribution >= 0.6 is 15.9 Å². The lowest BCUT2D eigenvalue weighted by Gasteiger charge is -2.10. The first-order chi connectivity index (χ1) is 10.0. The lowest BCUT2D eigenvalue weighted by Crippen LogP contribution is -2.13. The van der Waals surface area contributed by atoms with Crippen molar-refractivity contribution in [3.05, 3.63) is 62.6 Å². The van der Waals surface area contributed by atoms with E-state index in [2.05, 4.69) is 21.2 Å². The molecule has 7 heteroatoms. The molecule has 0 spiro atoms. The number of carbonyl (C=O) groups is 1. The van der Waals surface area contributed by atoms with Crippen LogP contribution in [-0.4, -0.2) is 17.9 Å². The lowest BCUT2D eigenvalue weighted by molar-refractivity contribution is -0.384. The second kappa shape index (κ2) is 6.36. The van der Waals surface area contributed by atoms with Crippen molar-refractivity contribution in [3.63, 3.8) is 0 Å². The number of para-hydroxylation sites is 1. The fraction of sp³-hybridized carbons (Fsp3) is 0.0714. The maximum atomic E-state index is 12.2. The van der Waals surface area contributed by atoms with Gasteiger partial charge < -0.3 is 10.1 Å². The normalized spacial score (nSPS) is 10.0. The second-order valence-electron chi connectivity index (χ2n) is 4.08. The van der Waals surface area contributed by atoms with Crippen LogP contribution in [0.25, 0.3) is 0 Å². The maximum Gasteiger partial charge on any atom is 0.271 e. The Hall–Kier alpha value is -2.41. The van der Waals surface area contributed by atoms with Crippen LogP contribution in [-0.2, 0) is 0 Å². The molecule has 21 heavy (non-hydrogen) atoms. The van der Waals surface area contributed by atoms with E-state index < -0.39 is 10.8 Å². The molecule has 0 aliphatic heterocycles. The molecule has 0 aromatic heterocycles. The molecule has 2 rings (SSSR count). The Balaban J connectivity index is 2.31. The number of anilines is 1. The van der Waals surface area contributed by atoms with Crippen LogP contribution in [0.1, 0.15) is 10.4 Å². The number of amides is 1. The van der Waals surface area contributed by atoms with Crippen LogP contribution in [0.4, 0.5) is 11.4 Å². The highest BCUT2D eigenvalue weighted by molar-refractivity contribution is 9.10. The molecule has 0 fully saturated rings. The Morgan fingerprint density at radius 1 is 1.29 bits per heavy atom. The van der Waals surface area contributed by atoms with E-state index in [9.17, 15) is 14.9 Å². The first kappa shape index (κ1) is 15.0. The Labute approximate surface area is 129 Å². The van der Waals surface area contributed by atoms with Crippen LogP contribution in [0.2, 0.25) is 0 Å². The number of non-ortho nitro benzene ring substituents is 1. The molecule has 0 radical (unpaired) electrons.